The lowest BCUT2D eigenvalue weighted by Gasteiger charge is -2.29. The van der Waals surface area contributed by atoms with Crippen LogP contribution < -0.4 is 4.74 Å². The lowest BCUT2D eigenvalue weighted by molar-refractivity contribution is -0.124. The molecule has 186 valence electrons. The van der Waals surface area contributed by atoms with Gasteiger partial charge in [-0.1, -0.05) is 13.3 Å². The van der Waals surface area contributed by atoms with Gasteiger partial charge in [0.15, 0.2) is 6.61 Å². The Morgan fingerprint density at radius 2 is 2.06 bits per heavy atom. The van der Waals surface area contributed by atoms with Crippen LogP contribution >= 0.6 is 0 Å². The minimum Gasteiger partial charge on any atom is -0.471 e. The van der Waals surface area contributed by atoms with E-state index in [1.807, 2.05) is 19.2 Å². The van der Waals surface area contributed by atoms with Crippen molar-refractivity contribution in [3.05, 3.63) is 58.0 Å². The van der Waals surface area contributed by atoms with Crippen LogP contribution in [0.4, 0.5) is 8.78 Å². The second kappa shape index (κ2) is 9.32. The molecule has 2 aromatic heterocycles. The number of hydrogen-bond acceptors (Lipinski definition) is 5. The number of fused-ring (bicyclic) bond motifs is 1. The number of aromatic nitrogens is 2. The summed E-state index contributed by atoms with van der Waals surface area (Å²) in [6, 6.07) is 4.08. The average molecular weight is 482 g/mol. The number of ether oxygens (including phenoxy) is 1. The zero-order valence-corrected chi connectivity index (χ0v) is 20.7. The summed E-state index contributed by atoms with van der Waals surface area (Å²) in [6.45, 7) is 5.47. The van der Waals surface area contributed by atoms with Crippen molar-refractivity contribution in [1.82, 2.24) is 14.9 Å². The zero-order valence-electron chi connectivity index (χ0n) is 20.7. The van der Waals surface area contributed by atoms with Crippen LogP contribution in [-0.2, 0) is 17.8 Å². The summed E-state index contributed by atoms with van der Waals surface area (Å²) in [6.07, 6.45) is 9.06. The van der Waals surface area contributed by atoms with E-state index in [4.69, 9.17) is 4.74 Å². The lowest BCUT2D eigenvalue weighted by Crippen LogP contribution is -2.25. The maximum atomic E-state index is 13.6. The first kappa shape index (κ1) is 23.9. The maximum Gasteiger partial charge on any atom is 0.281 e. The van der Waals surface area contributed by atoms with E-state index in [1.165, 1.54) is 23.8 Å². The van der Waals surface area contributed by atoms with Gasteiger partial charge in [-0.05, 0) is 62.8 Å². The predicted molar refractivity (Wildman–Crippen MR) is 130 cm³/mol. The molecule has 3 aliphatic rings. The smallest absolute Gasteiger partial charge is 0.281 e. The first-order valence-electron chi connectivity index (χ1n) is 12.7. The fraction of sp³-hybridized carbons (Fsp3) is 0.536. The molecule has 0 N–H and O–H groups in total. The zero-order chi connectivity index (χ0) is 24.7. The molecule has 0 bridgehead atoms. The Bertz CT molecular complexity index is 1170. The topological polar surface area (TPSA) is 55.3 Å². The minimum atomic E-state index is -2.86. The Labute approximate surface area is 205 Å². The van der Waals surface area contributed by atoms with Gasteiger partial charge in [-0.15, -0.1) is 0 Å². The first-order chi connectivity index (χ1) is 16.8. The first-order valence-corrected chi connectivity index (χ1v) is 12.7. The Hall–Kier alpha value is -2.83. The molecule has 0 amide bonds. The third kappa shape index (κ3) is 4.82. The molecule has 5 rings (SSSR count). The molecular weight excluding hydrogens is 448 g/mol. The van der Waals surface area contributed by atoms with Crippen LogP contribution in [0.5, 0.6) is 5.88 Å². The normalized spacial score (nSPS) is 18.4. The van der Waals surface area contributed by atoms with E-state index in [0.29, 0.717) is 18.7 Å². The number of aryl methyl sites for hydroxylation is 1. The van der Waals surface area contributed by atoms with Crippen molar-refractivity contribution in [1.29, 1.82) is 0 Å². The highest BCUT2D eigenvalue weighted by molar-refractivity contribution is 5.85. The summed E-state index contributed by atoms with van der Waals surface area (Å²) in [5, 5.41) is 0. The minimum absolute atomic E-state index is 0.0259. The lowest BCUT2D eigenvalue weighted by atomic mass is 9.80. The Balaban J connectivity index is 1.37. The summed E-state index contributed by atoms with van der Waals surface area (Å²) in [5.74, 6) is -2.09. The highest BCUT2D eigenvalue weighted by Crippen LogP contribution is 2.48. The Kier molecular flexibility index (Phi) is 6.36. The molecule has 2 saturated carbocycles. The van der Waals surface area contributed by atoms with Crippen LogP contribution in [0.15, 0.2) is 30.1 Å². The van der Waals surface area contributed by atoms with Crippen LogP contribution in [0.2, 0.25) is 0 Å². The number of alkyl halides is 2. The summed E-state index contributed by atoms with van der Waals surface area (Å²) in [4.78, 5) is 24.1. The van der Waals surface area contributed by atoms with Gasteiger partial charge in [0.25, 0.3) is 5.92 Å². The standard InChI is InChI=1S/C28H33F2N3O2/c1-4-28(29,30)16-35-27-17(2)12-21(14-32-27)18(3)33-15-23-22(26(33)20-8-9-20)10-11-31-24(23)13-25(34)19-6-5-7-19/h10-12,14,18-19H,4-9,13,15-16H2,1-3H3. The van der Waals surface area contributed by atoms with Crippen LogP contribution in [0.3, 0.4) is 0 Å². The number of halogens is 2. The number of nitrogens with zero attached hydrogens (tertiary/aromatic N) is 3. The number of Topliss-reactive ketones (excluding diaryl/α,β-unsaturated/α-hetero) is 1. The fourth-order valence-corrected chi connectivity index (χ4v) is 4.97. The molecular formula is C28H33F2N3O2. The number of rotatable bonds is 9. The molecule has 1 aliphatic heterocycles. The number of hydrogen-bond donors (Lipinski definition) is 0. The summed E-state index contributed by atoms with van der Waals surface area (Å²) in [7, 11) is 0. The van der Waals surface area contributed by atoms with E-state index in [2.05, 4.69) is 27.9 Å². The quantitative estimate of drug-likeness (QED) is 0.427. The van der Waals surface area contributed by atoms with Gasteiger partial charge in [0, 0.05) is 60.1 Å². The van der Waals surface area contributed by atoms with Gasteiger partial charge in [-0.2, -0.15) is 0 Å². The highest BCUT2D eigenvalue weighted by atomic mass is 19.3. The Morgan fingerprint density at radius 1 is 1.29 bits per heavy atom. The molecule has 3 heterocycles. The van der Waals surface area contributed by atoms with Gasteiger partial charge < -0.3 is 9.64 Å². The van der Waals surface area contributed by atoms with E-state index in [0.717, 1.165) is 54.5 Å². The molecule has 0 saturated heterocycles. The molecule has 1 atom stereocenters. The molecule has 7 heteroatoms. The van der Waals surface area contributed by atoms with E-state index in [9.17, 15) is 13.6 Å². The largest absolute Gasteiger partial charge is 0.471 e. The Morgan fingerprint density at radius 3 is 2.69 bits per heavy atom. The SMILES string of the molecule is CCC(F)(F)COc1ncc(C(C)N2Cc3c(ccnc3CC(=O)C3CCC3)C2=C2CC2)cc1C. The summed E-state index contributed by atoms with van der Waals surface area (Å²) >= 11 is 0. The third-order valence-corrected chi connectivity index (χ3v) is 7.69. The maximum absolute atomic E-state index is 13.6. The monoisotopic (exact) mass is 481 g/mol. The molecule has 5 nitrogen and oxygen atoms in total. The van der Waals surface area contributed by atoms with Crippen LogP contribution in [0, 0.1) is 12.8 Å². The van der Waals surface area contributed by atoms with Crippen molar-refractivity contribution in [2.45, 2.75) is 84.2 Å². The fourth-order valence-electron chi connectivity index (χ4n) is 4.97. The predicted octanol–water partition coefficient (Wildman–Crippen LogP) is 6.20. The van der Waals surface area contributed by atoms with Gasteiger partial charge in [0.2, 0.25) is 5.88 Å². The van der Waals surface area contributed by atoms with E-state index >= 15 is 0 Å². The van der Waals surface area contributed by atoms with Gasteiger partial charge in [0.1, 0.15) is 5.78 Å². The third-order valence-electron chi connectivity index (χ3n) is 7.69. The van der Waals surface area contributed by atoms with Crippen molar-refractivity contribution in [3.8, 4) is 5.88 Å². The molecule has 0 aromatic carbocycles. The van der Waals surface area contributed by atoms with Crippen molar-refractivity contribution in [3.63, 3.8) is 0 Å². The number of carbonyl (C=O) groups is 1. The van der Waals surface area contributed by atoms with Crippen molar-refractivity contribution in [2.75, 3.05) is 6.61 Å². The number of allylic oxidation sites excluding steroid dienone is 1. The molecule has 2 aliphatic carbocycles. The molecule has 1 unspecified atom stereocenters. The number of carbonyl (C=O) groups excluding carboxylic acids is 1. The second-order valence-electron chi connectivity index (χ2n) is 10.2. The van der Waals surface area contributed by atoms with Gasteiger partial charge in [-0.25, -0.2) is 13.8 Å². The van der Waals surface area contributed by atoms with Crippen molar-refractivity contribution >= 4 is 11.5 Å². The van der Waals surface area contributed by atoms with E-state index in [1.54, 1.807) is 6.20 Å². The molecule has 0 radical (unpaired) electrons. The summed E-state index contributed by atoms with van der Waals surface area (Å²) in [5.41, 5.74) is 7.70. The number of pyridine rings is 2. The number of ketones is 1. The molecule has 0 spiro atoms. The molecule has 2 fully saturated rings. The van der Waals surface area contributed by atoms with E-state index < -0.39 is 12.5 Å². The molecule has 2 aromatic rings. The van der Waals surface area contributed by atoms with Crippen molar-refractivity contribution in [2.24, 2.45) is 5.92 Å². The second-order valence-corrected chi connectivity index (χ2v) is 10.2. The van der Waals surface area contributed by atoms with Crippen LogP contribution in [0.1, 0.15) is 86.4 Å². The molecule has 35 heavy (non-hydrogen) atoms. The van der Waals surface area contributed by atoms with Crippen molar-refractivity contribution < 1.29 is 18.3 Å². The highest BCUT2D eigenvalue weighted by Gasteiger charge is 2.36. The summed E-state index contributed by atoms with van der Waals surface area (Å²) < 4.78 is 32.6. The van der Waals surface area contributed by atoms with Gasteiger partial charge >= 0.3 is 0 Å². The van der Waals surface area contributed by atoms with Gasteiger partial charge in [-0.3, -0.25) is 9.78 Å². The van der Waals surface area contributed by atoms with E-state index in [-0.39, 0.29) is 24.3 Å². The average Bonchev–Trinajstić information content (AvgIpc) is 3.56. The van der Waals surface area contributed by atoms with Crippen LogP contribution in [-0.4, -0.2) is 33.2 Å². The van der Waals surface area contributed by atoms with Gasteiger partial charge in [0.05, 0.1) is 11.7 Å². The van der Waals surface area contributed by atoms with Crippen LogP contribution in [0.25, 0.3) is 5.70 Å².